The lowest BCUT2D eigenvalue weighted by Gasteiger charge is -2.12. The van der Waals surface area contributed by atoms with E-state index in [1.807, 2.05) is 0 Å². The third kappa shape index (κ3) is 6.18. The average molecular weight is 368 g/mol. The monoisotopic (exact) mass is 368 g/mol. The van der Waals surface area contributed by atoms with E-state index in [0.29, 0.717) is 29.2 Å². The number of carbonyl (C=O) groups is 2. The molecule has 0 aliphatic heterocycles. The van der Waals surface area contributed by atoms with Crippen molar-refractivity contribution in [3.05, 3.63) is 65.4 Å². The lowest BCUT2D eigenvalue weighted by atomic mass is 10.1. The number of nitrogens with one attached hydrogen (secondary N) is 1. The van der Waals surface area contributed by atoms with Crippen LogP contribution >= 0.6 is 0 Å². The Morgan fingerprint density at radius 1 is 1.04 bits per heavy atom. The number of benzene rings is 2. The molecule has 6 nitrogen and oxygen atoms in total. The van der Waals surface area contributed by atoms with Gasteiger partial charge in [-0.15, -0.1) is 0 Å². The molecule has 0 atom stereocenters. The molecule has 0 aliphatic rings. The minimum absolute atomic E-state index is 0.319. The van der Waals surface area contributed by atoms with Crippen molar-refractivity contribution in [2.24, 2.45) is 0 Å². The van der Waals surface area contributed by atoms with Crippen molar-refractivity contribution in [3.8, 4) is 11.5 Å². The molecule has 0 fully saturated rings. The molecule has 0 saturated heterocycles. The number of unbranched alkanes of at least 4 members (excludes halogenated alkanes) is 1. The first kappa shape index (κ1) is 20.0. The van der Waals surface area contributed by atoms with Crippen molar-refractivity contribution in [3.63, 3.8) is 0 Å². The SMILES string of the molecule is CCCCOc1ccc(C(=O)N/C(=C/c2ccc(OC)cc2)C(=O)[O-])cc1. The topological polar surface area (TPSA) is 87.7 Å². The van der Waals surface area contributed by atoms with Crippen molar-refractivity contribution in [2.75, 3.05) is 13.7 Å². The second-order valence-electron chi connectivity index (χ2n) is 5.80. The highest BCUT2D eigenvalue weighted by molar-refractivity contribution is 6.02. The van der Waals surface area contributed by atoms with Crippen LogP contribution in [-0.4, -0.2) is 25.6 Å². The number of ether oxygens (including phenoxy) is 2. The first-order valence-electron chi connectivity index (χ1n) is 8.64. The maximum Gasteiger partial charge on any atom is 0.255 e. The normalized spacial score (nSPS) is 11.0. The predicted molar refractivity (Wildman–Crippen MR) is 100 cm³/mol. The van der Waals surface area contributed by atoms with Crippen molar-refractivity contribution in [1.29, 1.82) is 0 Å². The number of hydrogen-bond donors (Lipinski definition) is 1. The largest absolute Gasteiger partial charge is 0.543 e. The molecule has 0 unspecified atom stereocenters. The Kier molecular flexibility index (Phi) is 7.43. The van der Waals surface area contributed by atoms with E-state index in [1.54, 1.807) is 48.5 Å². The maximum atomic E-state index is 12.3. The number of rotatable bonds is 9. The summed E-state index contributed by atoms with van der Waals surface area (Å²) in [4.78, 5) is 23.7. The predicted octanol–water partition coefficient (Wildman–Crippen LogP) is 2.39. The Hall–Kier alpha value is -3.28. The van der Waals surface area contributed by atoms with Gasteiger partial charge in [-0.3, -0.25) is 4.79 Å². The summed E-state index contributed by atoms with van der Waals surface area (Å²) < 4.78 is 10.6. The summed E-state index contributed by atoms with van der Waals surface area (Å²) in [7, 11) is 1.54. The first-order chi connectivity index (χ1) is 13.0. The Balaban J connectivity index is 2.07. The molecular formula is C21H22NO5-. The highest BCUT2D eigenvalue weighted by atomic mass is 16.5. The molecule has 0 radical (unpaired) electrons. The molecule has 2 rings (SSSR count). The number of hydrogen-bond acceptors (Lipinski definition) is 5. The van der Waals surface area contributed by atoms with Crippen LogP contribution in [0, 0.1) is 0 Å². The summed E-state index contributed by atoms with van der Waals surface area (Å²) in [5.74, 6) is -0.709. The zero-order chi connectivity index (χ0) is 19.6. The summed E-state index contributed by atoms with van der Waals surface area (Å²) in [5, 5.41) is 13.7. The van der Waals surface area contributed by atoms with Gasteiger partial charge in [0, 0.05) is 5.56 Å². The number of carboxylic acids is 1. The maximum absolute atomic E-state index is 12.3. The van der Waals surface area contributed by atoms with Crippen LogP contribution in [-0.2, 0) is 4.79 Å². The summed E-state index contributed by atoms with van der Waals surface area (Å²) in [6.45, 7) is 2.69. The molecular weight excluding hydrogens is 346 g/mol. The van der Waals surface area contributed by atoms with Crippen LogP contribution in [0.4, 0.5) is 0 Å². The zero-order valence-electron chi connectivity index (χ0n) is 15.4. The Labute approximate surface area is 158 Å². The molecule has 0 spiro atoms. The van der Waals surface area contributed by atoms with Gasteiger partial charge in [0.25, 0.3) is 5.91 Å². The van der Waals surface area contributed by atoms with Crippen LogP contribution in [0.1, 0.15) is 35.7 Å². The van der Waals surface area contributed by atoms with Crippen molar-refractivity contribution in [1.82, 2.24) is 5.32 Å². The third-order valence-electron chi connectivity index (χ3n) is 3.78. The summed E-state index contributed by atoms with van der Waals surface area (Å²) >= 11 is 0. The highest BCUT2D eigenvalue weighted by Crippen LogP contribution is 2.15. The van der Waals surface area contributed by atoms with E-state index in [0.717, 1.165) is 12.8 Å². The van der Waals surface area contributed by atoms with Crippen LogP contribution in [0.5, 0.6) is 11.5 Å². The second-order valence-corrected chi connectivity index (χ2v) is 5.80. The van der Waals surface area contributed by atoms with Crippen LogP contribution < -0.4 is 19.9 Å². The Bertz CT molecular complexity index is 794. The van der Waals surface area contributed by atoms with E-state index in [1.165, 1.54) is 13.2 Å². The molecule has 0 bridgehead atoms. The fourth-order valence-electron chi connectivity index (χ4n) is 2.24. The standard InChI is InChI=1S/C21H23NO5/c1-3-4-13-27-18-11-7-16(8-12-18)20(23)22-19(21(24)25)14-15-5-9-17(26-2)10-6-15/h5-12,14H,3-4,13H2,1-2H3,(H,22,23)(H,24,25)/p-1/b19-14+. The van der Waals surface area contributed by atoms with Crippen molar-refractivity contribution in [2.45, 2.75) is 19.8 Å². The van der Waals surface area contributed by atoms with Gasteiger partial charge in [0.15, 0.2) is 0 Å². The van der Waals surface area contributed by atoms with E-state index >= 15 is 0 Å². The number of carboxylic acid groups (broad SMARTS) is 1. The molecule has 0 aromatic heterocycles. The van der Waals surface area contributed by atoms with Crippen molar-refractivity contribution < 1.29 is 24.2 Å². The second kappa shape index (κ2) is 10.0. The van der Waals surface area contributed by atoms with Crippen LogP contribution in [0.3, 0.4) is 0 Å². The van der Waals surface area contributed by atoms with Gasteiger partial charge in [0.2, 0.25) is 0 Å². The van der Waals surface area contributed by atoms with E-state index < -0.39 is 11.9 Å². The third-order valence-corrected chi connectivity index (χ3v) is 3.78. The minimum Gasteiger partial charge on any atom is -0.543 e. The van der Waals surface area contributed by atoms with Gasteiger partial charge in [-0.25, -0.2) is 0 Å². The molecule has 0 aliphatic carbocycles. The van der Waals surface area contributed by atoms with Gasteiger partial charge < -0.3 is 24.7 Å². The van der Waals surface area contributed by atoms with Gasteiger partial charge in [-0.2, -0.15) is 0 Å². The molecule has 1 N–H and O–H groups in total. The fourth-order valence-corrected chi connectivity index (χ4v) is 2.24. The van der Waals surface area contributed by atoms with Gasteiger partial charge in [-0.1, -0.05) is 25.5 Å². The van der Waals surface area contributed by atoms with Crippen LogP contribution in [0.25, 0.3) is 6.08 Å². The highest BCUT2D eigenvalue weighted by Gasteiger charge is 2.09. The molecule has 0 saturated carbocycles. The van der Waals surface area contributed by atoms with Gasteiger partial charge in [0.1, 0.15) is 11.5 Å². The number of methoxy groups -OCH3 is 1. The number of aliphatic carboxylic acids is 1. The summed E-state index contributed by atoms with van der Waals surface area (Å²) in [6, 6.07) is 13.3. The molecule has 6 heteroatoms. The average Bonchev–Trinajstić information content (AvgIpc) is 2.68. The number of amides is 1. The van der Waals surface area contributed by atoms with Crippen LogP contribution in [0.2, 0.25) is 0 Å². The summed E-state index contributed by atoms with van der Waals surface area (Å²) in [5.41, 5.74) is 0.586. The van der Waals surface area contributed by atoms with Crippen molar-refractivity contribution >= 4 is 18.0 Å². The first-order valence-corrected chi connectivity index (χ1v) is 8.64. The van der Waals surface area contributed by atoms with Gasteiger partial charge in [-0.05, 0) is 54.5 Å². The smallest absolute Gasteiger partial charge is 0.255 e. The van der Waals surface area contributed by atoms with E-state index in [-0.39, 0.29) is 5.70 Å². The number of carbonyl (C=O) groups excluding carboxylic acids is 2. The lowest BCUT2D eigenvalue weighted by Crippen LogP contribution is -2.35. The van der Waals surface area contributed by atoms with Gasteiger partial charge in [0.05, 0.1) is 25.4 Å². The lowest BCUT2D eigenvalue weighted by molar-refractivity contribution is -0.299. The molecule has 1 amide bonds. The van der Waals surface area contributed by atoms with E-state index in [9.17, 15) is 14.7 Å². The van der Waals surface area contributed by atoms with Gasteiger partial charge >= 0.3 is 0 Å². The quantitative estimate of drug-likeness (QED) is 0.542. The molecule has 27 heavy (non-hydrogen) atoms. The zero-order valence-corrected chi connectivity index (χ0v) is 15.4. The molecule has 142 valence electrons. The Morgan fingerprint density at radius 2 is 1.67 bits per heavy atom. The minimum atomic E-state index is -1.47. The van der Waals surface area contributed by atoms with E-state index in [4.69, 9.17) is 9.47 Å². The van der Waals surface area contributed by atoms with E-state index in [2.05, 4.69) is 12.2 Å². The Morgan fingerprint density at radius 3 is 2.22 bits per heavy atom. The van der Waals surface area contributed by atoms with Crippen LogP contribution in [0.15, 0.2) is 54.2 Å². The molecule has 2 aromatic rings. The molecule has 0 heterocycles. The summed E-state index contributed by atoms with van der Waals surface area (Å²) in [6.07, 6.45) is 3.31. The molecule has 2 aromatic carbocycles. The fraction of sp³-hybridized carbons (Fsp3) is 0.238.